The predicted octanol–water partition coefficient (Wildman–Crippen LogP) is 1.52. The van der Waals surface area contributed by atoms with Crippen molar-refractivity contribution in [2.45, 2.75) is 69.7 Å². The number of Topliss-reactive ketones (excluding diaryl/α,β-unsaturated/α-hetero) is 1. The number of carbonyl (C=O) groups excluding carboxylic acids is 2. The molecule has 3 fully saturated rings. The van der Waals surface area contributed by atoms with E-state index in [-0.39, 0.29) is 24.9 Å². The molecular formula is C22H28O7. The van der Waals surface area contributed by atoms with Crippen molar-refractivity contribution in [3.05, 3.63) is 23.7 Å². The molecule has 158 valence electrons. The lowest BCUT2D eigenvalue weighted by Crippen LogP contribution is -2.76. The van der Waals surface area contributed by atoms with Crippen LogP contribution < -0.4 is 0 Å². The van der Waals surface area contributed by atoms with E-state index in [9.17, 15) is 19.8 Å². The Balaban J connectivity index is 1.73. The van der Waals surface area contributed by atoms with Gasteiger partial charge in [0, 0.05) is 6.92 Å². The zero-order valence-corrected chi connectivity index (χ0v) is 17.1. The average molecular weight is 404 g/mol. The number of rotatable bonds is 2. The summed E-state index contributed by atoms with van der Waals surface area (Å²) in [4.78, 5) is 25.6. The van der Waals surface area contributed by atoms with E-state index in [1.54, 1.807) is 6.26 Å². The second-order valence-electron chi connectivity index (χ2n) is 9.73. The highest BCUT2D eigenvalue weighted by atomic mass is 16.6. The Morgan fingerprint density at radius 3 is 2.69 bits per heavy atom. The third-order valence-electron chi connectivity index (χ3n) is 8.90. The third kappa shape index (κ3) is 1.99. The quantitative estimate of drug-likeness (QED) is 0.568. The molecule has 7 atom stereocenters. The molecular weight excluding hydrogens is 376 g/mol. The number of aryl methyl sites for hydroxylation is 1. The highest BCUT2D eigenvalue weighted by Crippen LogP contribution is 2.71. The van der Waals surface area contributed by atoms with Gasteiger partial charge in [-0.05, 0) is 55.6 Å². The van der Waals surface area contributed by atoms with Gasteiger partial charge in [-0.3, -0.25) is 9.59 Å². The number of ether oxygens (including phenoxy) is 2. The molecule has 7 nitrogen and oxygen atoms in total. The summed E-state index contributed by atoms with van der Waals surface area (Å²) < 4.78 is 17.1. The largest absolute Gasteiger partial charge is 0.468 e. The van der Waals surface area contributed by atoms with Crippen LogP contribution in [0.3, 0.4) is 0 Å². The molecule has 2 saturated carbocycles. The van der Waals surface area contributed by atoms with Crippen LogP contribution in [-0.4, -0.2) is 53.0 Å². The van der Waals surface area contributed by atoms with Crippen molar-refractivity contribution in [2.24, 2.45) is 16.7 Å². The lowest BCUT2D eigenvalue weighted by Gasteiger charge is -2.66. The van der Waals surface area contributed by atoms with Crippen LogP contribution in [0.4, 0.5) is 0 Å². The van der Waals surface area contributed by atoms with Gasteiger partial charge in [-0.2, -0.15) is 0 Å². The van der Waals surface area contributed by atoms with Gasteiger partial charge in [0.15, 0.2) is 5.78 Å². The van der Waals surface area contributed by atoms with E-state index < -0.39 is 40.0 Å². The molecule has 1 saturated heterocycles. The van der Waals surface area contributed by atoms with Gasteiger partial charge in [0.1, 0.15) is 24.1 Å². The number of furan rings is 1. The molecule has 7 heteroatoms. The smallest absolute Gasteiger partial charge is 0.302 e. The molecule has 0 bridgehead atoms. The van der Waals surface area contributed by atoms with Gasteiger partial charge in [-0.1, -0.05) is 6.92 Å². The lowest BCUT2D eigenvalue weighted by molar-refractivity contribution is -0.237. The minimum Gasteiger partial charge on any atom is -0.468 e. The van der Waals surface area contributed by atoms with E-state index in [1.807, 2.05) is 13.0 Å². The number of fused-ring (bicyclic) bond motifs is 6. The van der Waals surface area contributed by atoms with Crippen LogP contribution in [0, 0.1) is 16.7 Å². The van der Waals surface area contributed by atoms with Crippen molar-refractivity contribution in [1.82, 2.24) is 0 Å². The number of ketones is 1. The summed E-state index contributed by atoms with van der Waals surface area (Å²) in [5.74, 6) is -0.378. The van der Waals surface area contributed by atoms with Gasteiger partial charge >= 0.3 is 5.97 Å². The van der Waals surface area contributed by atoms with Crippen LogP contribution >= 0.6 is 0 Å². The van der Waals surface area contributed by atoms with E-state index in [4.69, 9.17) is 13.9 Å². The van der Waals surface area contributed by atoms with Crippen molar-refractivity contribution in [1.29, 1.82) is 0 Å². The van der Waals surface area contributed by atoms with Crippen LogP contribution in [0.1, 0.15) is 51.4 Å². The van der Waals surface area contributed by atoms with Gasteiger partial charge < -0.3 is 24.1 Å². The minimum absolute atomic E-state index is 0.145. The van der Waals surface area contributed by atoms with Crippen LogP contribution in [0.25, 0.3) is 0 Å². The van der Waals surface area contributed by atoms with Gasteiger partial charge in [-0.25, -0.2) is 0 Å². The van der Waals surface area contributed by atoms with Gasteiger partial charge in [0.2, 0.25) is 0 Å². The van der Waals surface area contributed by atoms with Gasteiger partial charge in [0.05, 0.1) is 29.8 Å². The summed E-state index contributed by atoms with van der Waals surface area (Å²) in [6, 6.07) is 1.90. The zero-order chi connectivity index (χ0) is 20.8. The molecule has 0 aromatic carbocycles. The van der Waals surface area contributed by atoms with Crippen molar-refractivity contribution in [3.63, 3.8) is 0 Å². The highest BCUT2D eigenvalue weighted by molar-refractivity contribution is 5.96. The van der Waals surface area contributed by atoms with Crippen molar-refractivity contribution < 1.29 is 33.7 Å². The Kier molecular flexibility index (Phi) is 3.79. The number of aliphatic hydroxyl groups is 2. The molecule has 3 aliphatic carbocycles. The van der Waals surface area contributed by atoms with E-state index in [1.165, 1.54) is 6.92 Å². The number of aliphatic hydroxyl groups excluding tert-OH is 2. The van der Waals surface area contributed by atoms with E-state index in [0.29, 0.717) is 18.6 Å². The van der Waals surface area contributed by atoms with Crippen LogP contribution in [0.5, 0.6) is 0 Å². The Hall–Kier alpha value is -1.70. The monoisotopic (exact) mass is 404 g/mol. The standard InChI is InChI=1S/C22H28O7/c1-12(23)28-10-21-14(4-5-15(24)22(21)11-29-22)19(2)8-6-13-7-9-27-18(13)20(19,3)16(25)17(21)26/h7,9,14-15,17,24,26H,4-6,8,10-11H2,1-3H3/t14-,15+,17+,19-,20+,21+,22-/m1/s1. The lowest BCUT2D eigenvalue weighted by atomic mass is 9.36. The topological polar surface area (TPSA) is 110 Å². The summed E-state index contributed by atoms with van der Waals surface area (Å²) >= 11 is 0. The predicted molar refractivity (Wildman–Crippen MR) is 100.0 cm³/mol. The Bertz CT molecular complexity index is 885. The summed E-state index contributed by atoms with van der Waals surface area (Å²) in [6.45, 7) is 5.37. The number of epoxide rings is 1. The number of hydrogen-bond donors (Lipinski definition) is 2. The van der Waals surface area contributed by atoms with E-state index in [2.05, 4.69) is 6.92 Å². The van der Waals surface area contributed by atoms with E-state index >= 15 is 0 Å². The maximum absolute atomic E-state index is 13.9. The summed E-state index contributed by atoms with van der Waals surface area (Å²) in [7, 11) is 0. The maximum atomic E-state index is 13.9. The van der Waals surface area contributed by atoms with Crippen molar-refractivity contribution in [3.8, 4) is 0 Å². The fourth-order valence-corrected chi connectivity index (χ4v) is 7.09. The van der Waals surface area contributed by atoms with Crippen LogP contribution in [0.15, 0.2) is 16.7 Å². The molecule has 29 heavy (non-hydrogen) atoms. The molecule has 2 N–H and O–H groups in total. The minimum atomic E-state index is -1.43. The Labute approximate surface area is 169 Å². The molecule has 4 aliphatic rings. The fourth-order valence-electron chi connectivity index (χ4n) is 7.09. The van der Waals surface area contributed by atoms with Crippen LogP contribution in [-0.2, 0) is 30.9 Å². The Morgan fingerprint density at radius 2 is 2.03 bits per heavy atom. The molecule has 1 aliphatic heterocycles. The van der Waals surface area contributed by atoms with Gasteiger partial charge in [-0.15, -0.1) is 0 Å². The summed E-state index contributed by atoms with van der Waals surface area (Å²) in [5.41, 5.74) is -2.76. The Morgan fingerprint density at radius 1 is 1.31 bits per heavy atom. The number of hydrogen-bond acceptors (Lipinski definition) is 7. The second-order valence-corrected chi connectivity index (χ2v) is 9.73. The molecule has 5 rings (SSSR count). The third-order valence-corrected chi connectivity index (χ3v) is 8.90. The van der Waals surface area contributed by atoms with Crippen molar-refractivity contribution >= 4 is 11.8 Å². The molecule has 1 aromatic rings. The summed E-state index contributed by atoms with van der Waals surface area (Å²) in [5, 5.41) is 22.4. The summed E-state index contributed by atoms with van der Waals surface area (Å²) in [6.07, 6.45) is 2.01. The van der Waals surface area contributed by atoms with Crippen LogP contribution in [0.2, 0.25) is 0 Å². The number of esters is 1. The second kappa shape index (κ2) is 5.71. The zero-order valence-electron chi connectivity index (χ0n) is 17.1. The van der Waals surface area contributed by atoms with E-state index in [0.717, 1.165) is 18.4 Å². The first-order valence-electron chi connectivity index (χ1n) is 10.4. The first kappa shape index (κ1) is 19.3. The SMILES string of the molecule is CC(=O)OC[C@@]12[C@@H](O)C(=O)[C@@]3(C)c4occc4CC[C@]3(C)[C@H]1CC[C@H](O)[C@]21CO1. The molecule has 2 heterocycles. The first-order valence-corrected chi connectivity index (χ1v) is 10.4. The van der Waals surface area contributed by atoms with Crippen molar-refractivity contribution in [2.75, 3.05) is 13.2 Å². The first-order chi connectivity index (χ1) is 13.6. The molecule has 1 spiro atoms. The molecule has 0 radical (unpaired) electrons. The van der Waals surface area contributed by atoms with Gasteiger partial charge in [0.25, 0.3) is 0 Å². The normalized spacial score (nSPS) is 47.9. The maximum Gasteiger partial charge on any atom is 0.302 e. The molecule has 0 unspecified atom stereocenters. The number of carbonyl (C=O) groups is 2. The average Bonchev–Trinajstić information content (AvgIpc) is 3.33. The fraction of sp³-hybridized carbons (Fsp3) is 0.727. The highest BCUT2D eigenvalue weighted by Gasteiger charge is 2.82. The molecule has 1 aromatic heterocycles. The molecule has 0 amide bonds.